The number of hydrogen-bond acceptors (Lipinski definition) is 0. The van der Waals surface area contributed by atoms with E-state index in [0.717, 1.165) is 12.8 Å². The van der Waals surface area contributed by atoms with Gasteiger partial charge in [0.1, 0.15) is 0 Å². The second-order valence-corrected chi connectivity index (χ2v) is 3.34. The predicted molar refractivity (Wildman–Crippen MR) is 36.1 cm³/mol. The lowest BCUT2D eigenvalue weighted by Crippen LogP contribution is -2.50. The van der Waals surface area contributed by atoms with Crippen LogP contribution in [0.1, 0.15) is 12.8 Å². The molecule has 0 aromatic carbocycles. The van der Waals surface area contributed by atoms with Crippen molar-refractivity contribution in [2.75, 3.05) is 20.1 Å². The fourth-order valence-electron chi connectivity index (χ4n) is 1.58. The number of nitrogens with zero attached hydrogens (tertiary/aromatic N) is 1. The summed E-state index contributed by atoms with van der Waals surface area (Å²) in [6.45, 7) is 1.09. The summed E-state index contributed by atoms with van der Waals surface area (Å²) in [7, 11) is 1.56. The van der Waals surface area contributed by atoms with Crippen LogP contribution in [0, 0.1) is 0 Å². The van der Waals surface area contributed by atoms with Gasteiger partial charge in [0.15, 0.2) is 0 Å². The molecule has 1 atom stereocenters. The minimum absolute atomic E-state index is 0.0995. The average molecular weight is 168 g/mol. The van der Waals surface area contributed by atoms with Crippen LogP contribution in [0.2, 0.25) is 0 Å². The molecule has 1 aliphatic rings. The highest BCUT2D eigenvalue weighted by atomic mass is 19.3. The molecule has 11 heavy (non-hydrogen) atoms. The zero-order valence-corrected chi connectivity index (χ0v) is 6.56. The van der Waals surface area contributed by atoms with Crippen LogP contribution in [0.3, 0.4) is 0 Å². The first-order valence-corrected chi connectivity index (χ1v) is 3.83. The van der Waals surface area contributed by atoms with Crippen LogP contribution in [0.15, 0.2) is 0 Å². The molecule has 0 N–H and O–H groups in total. The Morgan fingerprint density at radius 2 is 1.55 bits per heavy atom. The number of quaternary nitrogens is 1. The van der Waals surface area contributed by atoms with Gasteiger partial charge in [-0.25, -0.2) is 8.78 Å². The van der Waals surface area contributed by atoms with E-state index in [9.17, 15) is 13.2 Å². The minimum atomic E-state index is -2.84. The first kappa shape index (κ1) is 8.84. The maximum absolute atomic E-state index is 12.8. The molecule has 1 saturated heterocycles. The Hall–Kier alpha value is -0.250. The molecular weight excluding hydrogens is 155 g/mol. The molecule has 0 aromatic rings. The molecule has 1 fully saturated rings. The van der Waals surface area contributed by atoms with Gasteiger partial charge >= 0.3 is 6.43 Å². The Morgan fingerprint density at radius 1 is 1.09 bits per heavy atom. The van der Waals surface area contributed by atoms with Gasteiger partial charge < -0.3 is 0 Å². The van der Waals surface area contributed by atoms with Crippen LogP contribution in [-0.4, -0.2) is 37.3 Å². The van der Waals surface area contributed by atoms with Gasteiger partial charge in [0.25, 0.3) is 6.30 Å². The molecule has 1 rings (SSSR count). The maximum atomic E-state index is 12.8. The molecule has 1 nitrogen and oxygen atoms in total. The first-order chi connectivity index (χ1) is 5.06. The maximum Gasteiger partial charge on any atom is 0.319 e. The van der Waals surface area contributed by atoms with E-state index in [1.165, 1.54) is 0 Å². The Balaban J connectivity index is 2.56. The van der Waals surface area contributed by atoms with Crippen molar-refractivity contribution < 1.29 is 17.7 Å². The smallest absolute Gasteiger partial charge is 0.292 e. The topological polar surface area (TPSA) is 0 Å². The zero-order chi connectivity index (χ0) is 8.48. The number of halogens is 3. The lowest BCUT2D eigenvalue weighted by Gasteiger charge is -2.31. The van der Waals surface area contributed by atoms with Crippen LogP contribution in [0.25, 0.3) is 0 Å². The molecule has 4 heteroatoms. The van der Waals surface area contributed by atoms with E-state index in [-0.39, 0.29) is 4.48 Å². The summed E-state index contributed by atoms with van der Waals surface area (Å²) in [6.07, 6.45) is -3.09. The van der Waals surface area contributed by atoms with E-state index in [0.29, 0.717) is 13.1 Å². The van der Waals surface area contributed by atoms with E-state index in [1.54, 1.807) is 7.05 Å². The number of rotatable bonds is 2. The average Bonchev–Trinajstić information content (AvgIpc) is 2.35. The Morgan fingerprint density at radius 3 is 1.91 bits per heavy atom. The largest absolute Gasteiger partial charge is 0.319 e. The zero-order valence-electron chi connectivity index (χ0n) is 6.56. The molecule has 0 aliphatic carbocycles. The van der Waals surface area contributed by atoms with E-state index in [4.69, 9.17) is 0 Å². The molecule has 0 amide bonds. The van der Waals surface area contributed by atoms with Gasteiger partial charge in [-0.15, -0.1) is 0 Å². The van der Waals surface area contributed by atoms with Crippen LogP contribution < -0.4 is 0 Å². The van der Waals surface area contributed by atoms with E-state index in [1.807, 2.05) is 0 Å². The van der Waals surface area contributed by atoms with Gasteiger partial charge in [-0.05, 0) is 0 Å². The van der Waals surface area contributed by atoms with Gasteiger partial charge in [0, 0.05) is 12.8 Å². The third-order valence-corrected chi connectivity index (χ3v) is 2.39. The van der Waals surface area contributed by atoms with Gasteiger partial charge in [-0.1, -0.05) is 0 Å². The van der Waals surface area contributed by atoms with Crippen LogP contribution in [0.5, 0.6) is 0 Å². The minimum Gasteiger partial charge on any atom is -0.292 e. The van der Waals surface area contributed by atoms with Crippen molar-refractivity contribution in [3.63, 3.8) is 0 Å². The normalized spacial score (nSPS) is 25.9. The predicted octanol–water partition coefficient (Wildman–Crippen LogP) is 1.79. The SMILES string of the molecule is C[N+]1(C(F)C(F)F)CCCC1. The molecule has 0 bridgehead atoms. The molecule has 1 heterocycles. The summed E-state index contributed by atoms with van der Waals surface area (Å²) in [5.74, 6) is 0. The fraction of sp³-hybridized carbons (Fsp3) is 1.00. The van der Waals surface area contributed by atoms with Gasteiger partial charge in [-0.3, -0.25) is 4.48 Å². The monoisotopic (exact) mass is 168 g/mol. The third-order valence-electron chi connectivity index (χ3n) is 2.39. The Labute approximate surface area is 64.4 Å². The van der Waals surface area contributed by atoms with E-state index in [2.05, 4.69) is 0 Å². The second kappa shape index (κ2) is 3.01. The standard InChI is InChI=1S/C7H13F3N/c1-11(4-2-3-5-11)7(10)6(8)9/h6-7H,2-5H2,1H3/q+1. The lowest BCUT2D eigenvalue weighted by atomic mass is 10.4. The molecule has 66 valence electrons. The van der Waals surface area contributed by atoms with Crippen molar-refractivity contribution in [1.29, 1.82) is 0 Å². The molecule has 0 aromatic heterocycles. The lowest BCUT2D eigenvalue weighted by molar-refractivity contribution is -0.941. The van der Waals surface area contributed by atoms with Crippen molar-refractivity contribution in [3.05, 3.63) is 0 Å². The van der Waals surface area contributed by atoms with Gasteiger partial charge in [-0.2, -0.15) is 4.39 Å². The quantitative estimate of drug-likeness (QED) is 0.435. The van der Waals surface area contributed by atoms with Crippen molar-refractivity contribution in [3.8, 4) is 0 Å². The van der Waals surface area contributed by atoms with Crippen LogP contribution in [0.4, 0.5) is 13.2 Å². The van der Waals surface area contributed by atoms with Crippen LogP contribution in [-0.2, 0) is 0 Å². The van der Waals surface area contributed by atoms with Crippen molar-refractivity contribution in [1.82, 2.24) is 0 Å². The van der Waals surface area contributed by atoms with Gasteiger partial charge in [0.05, 0.1) is 20.1 Å². The number of alkyl halides is 3. The highest BCUT2D eigenvalue weighted by Crippen LogP contribution is 2.25. The molecule has 1 aliphatic heterocycles. The fourth-order valence-corrected chi connectivity index (χ4v) is 1.58. The van der Waals surface area contributed by atoms with Crippen molar-refractivity contribution in [2.24, 2.45) is 0 Å². The summed E-state index contributed by atoms with van der Waals surface area (Å²) in [5.41, 5.74) is 0. The summed E-state index contributed by atoms with van der Waals surface area (Å²) in [4.78, 5) is 0. The van der Waals surface area contributed by atoms with Crippen molar-refractivity contribution >= 4 is 0 Å². The van der Waals surface area contributed by atoms with Gasteiger partial charge in [0.2, 0.25) is 0 Å². The summed E-state index contributed by atoms with van der Waals surface area (Å²) in [5, 5.41) is 0. The Bertz CT molecular complexity index is 132. The third kappa shape index (κ3) is 1.67. The van der Waals surface area contributed by atoms with E-state index < -0.39 is 12.7 Å². The Kier molecular flexibility index (Phi) is 2.42. The highest BCUT2D eigenvalue weighted by molar-refractivity contribution is 4.56. The summed E-state index contributed by atoms with van der Waals surface area (Å²) >= 11 is 0. The molecule has 1 unspecified atom stereocenters. The number of likely N-dealkylation sites (tertiary alicyclic amines) is 1. The van der Waals surface area contributed by atoms with Crippen molar-refractivity contribution in [2.45, 2.75) is 25.6 Å². The van der Waals surface area contributed by atoms with E-state index >= 15 is 0 Å². The summed E-state index contributed by atoms with van der Waals surface area (Å²) < 4.78 is 36.6. The summed E-state index contributed by atoms with van der Waals surface area (Å²) in [6, 6.07) is 0. The molecule has 0 saturated carbocycles. The second-order valence-electron chi connectivity index (χ2n) is 3.34. The molecular formula is C7H13F3N+. The first-order valence-electron chi connectivity index (χ1n) is 3.83. The molecule has 0 spiro atoms. The van der Waals surface area contributed by atoms with Crippen LogP contribution >= 0.6 is 0 Å². The molecule has 0 radical (unpaired) electrons. The number of hydrogen-bond donors (Lipinski definition) is 0. The highest BCUT2D eigenvalue weighted by Gasteiger charge is 2.41.